The zero-order valence-corrected chi connectivity index (χ0v) is 32.6. The smallest absolute Gasteiger partial charge is 0.160 e. The van der Waals surface area contributed by atoms with E-state index in [1.807, 2.05) is 41.1 Å². The van der Waals surface area contributed by atoms with Crippen molar-refractivity contribution in [2.45, 2.75) is 6.92 Å². The largest absolute Gasteiger partial charge is 0.264 e. The molecule has 5 heteroatoms. The standard InChI is InChI=1S/C52H33N3S2/c1-32-31-53-24-23-41(32)33-15-17-35(18-16-33)47-30-46(34-9-3-2-4-10-34)54-52(55-47)40-26-38(36-19-21-50-44(28-36)42-11-5-7-13-48(42)56-50)25-39(27-40)37-20-22-51-45(29-37)43-12-6-8-14-49(43)57-51/h2-31H,1H3. The molecule has 268 valence electrons. The van der Waals surface area contributed by atoms with Crippen molar-refractivity contribution in [3.63, 3.8) is 0 Å². The fourth-order valence-electron chi connectivity index (χ4n) is 8.00. The predicted octanol–water partition coefficient (Wildman–Crippen LogP) is 14.9. The number of aryl methyl sites for hydroxylation is 1. The minimum absolute atomic E-state index is 0.688. The van der Waals surface area contributed by atoms with E-state index in [4.69, 9.17) is 9.97 Å². The Kier molecular flexibility index (Phi) is 8.09. The van der Waals surface area contributed by atoms with Crippen LogP contribution in [0.5, 0.6) is 0 Å². The number of fused-ring (bicyclic) bond motifs is 6. The quantitative estimate of drug-likeness (QED) is 0.169. The van der Waals surface area contributed by atoms with Crippen LogP contribution in [0.4, 0.5) is 0 Å². The molecular weight excluding hydrogens is 731 g/mol. The molecule has 0 saturated carbocycles. The minimum atomic E-state index is 0.688. The fourth-order valence-corrected chi connectivity index (χ4v) is 10.2. The molecule has 0 radical (unpaired) electrons. The lowest BCUT2D eigenvalue weighted by Gasteiger charge is -2.14. The summed E-state index contributed by atoms with van der Waals surface area (Å²) >= 11 is 3.69. The van der Waals surface area contributed by atoms with Gasteiger partial charge >= 0.3 is 0 Å². The Morgan fingerprint density at radius 1 is 0.368 bits per heavy atom. The van der Waals surface area contributed by atoms with Crippen LogP contribution in [0.3, 0.4) is 0 Å². The Bertz CT molecular complexity index is 3170. The lowest BCUT2D eigenvalue weighted by Crippen LogP contribution is -1.97. The maximum atomic E-state index is 5.34. The Hall–Kier alpha value is -6.79. The van der Waals surface area contributed by atoms with E-state index in [0.29, 0.717) is 5.82 Å². The van der Waals surface area contributed by atoms with Gasteiger partial charge in [-0.05, 0) is 113 Å². The van der Waals surface area contributed by atoms with Crippen molar-refractivity contribution in [3.8, 4) is 67.3 Å². The van der Waals surface area contributed by atoms with Gasteiger partial charge in [0.2, 0.25) is 0 Å². The van der Waals surface area contributed by atoms with Crippen LogP contribution in [0.2, 0.25) is 0 Å². The predicted molar refractivity (Wildman–Crippen MR) is 243 cm³/mol. The summed E-state index contributed by atoms with van der Waals surface area (Å²) in [5.74, 6) is 0.688. The minimum Gasteiger partial charge on any atom is -0.264 e. The third-order valence-corrected chi connectivity index (χ3v) is 13.2. The van der Waals surface area contributed by atoms with Crippen LogP contribution in [-0.4, -0.2) is 15.0 Å². The molecule has 0 bridgehead atoms. The molecule has 7 aromatic carbocycles. The summed E-state index contributed by atoms with van der Waals surface area (Å²) < 4.78 is 5.19. The number of benzene rings is 7. The molecule has 11 aromatic rings. The van der Waals surface area contributed by atoms with Crippen molar-refractivity contribution in [1.82, 2.24) is 15.0 Å². The molecule has 0 amide bonds. The number of aromatic nitrogens is 3. The third-order valence-electron chi connectivity index (χ3n) is 10.9. The van der Waals surface area contributed by atoms with E-state index in [9.17, 15) is 0 Å². The summed E-state index contributed by atoms with van der Waals surface area (Å²) in [6, 6.07) is 61.3. The van der Waals surface area contributed by atoms with Crippen LogP contribution >= 0.6 is 22.7 Å². The first kappa shape index (κ1) is 33.5. The van der Waals surface area contributed by atoms with Gasteiger partial charge in [0.05, 0.1) is 11.4 Å². The highest BCUT2D eigenvalue weighted by Gasteiger charge is 2.16. The van der Waals surface area contributed by atoms with Gasteiger partial charge in [-0.1, -0.05) is 103 Å². The second-order valence-corrected chi connectivity index (χ2v) is 16.7. The van der Waals surface area contributed by atoms with Gasteiger partial charge < -0.3 is 0 Å². The zero-order chi connectivity index (χ0) is 37.9. The molecule has 3 nitrogen and oxygen atoms in total. The molecule has 0 saturated heterocycles. The molecule has 57 heavy (non-hydrogen) atoms. The lowest BCUT2D eigenvalue weighted by atomic mass is 9.94. The van der Waals surface area contributed by atoms with E-state index < -0.39 is 0 Å². The number of hydrogen-bond acceptors (Lipinski definition) is 5. The first-order valence-corrected chi connectivity index (χ1v) is 20.7. The van der Waals surface area contributed by atoms with Crippen LogP contribution < -0.4 is 0 Å². The van der Waals surface area contributed by atoms with Gasteiger partial charge in [-0.15, -0.1) is 22.7 Å². The second-order valence-electron chi connectivity index (χ2n) is 14.5. The number of thiophene rings is 2. The summed E-state index contributed by atoms with van der Waals surface area (Å²) in [5, 5.41) is 5.14. The number of nitrogens with zero attached hydrogens (tertiary/aromatic N) is 3. The normalized spacial score (nSPS) is 11.6. The second kappa shape index (κ2) is 13.7. The van der Waals surface area contributed by atoms with Gasteiger partial charge in [-0.2, -0.15) is 0 Å². The summed E-state index contributed by atoms with van der Waals surface area (Å²) in [6.45, 7) is 2.10. The van der Waals surface area contributed by atoms with Crippen LogP contribution in [-0.2, 0) is 0 Å². The molecule has 0 atom stereocenters. The van der Waals surface area contributed by atoms with Gasteiger partial charge in [0.25, 0.3) is 0 Å². The molecule has 0 aliphatic heterocycles. The van der Waals surface area contributed by atoms with E-state index in [2.05, 4.69) is 176 Å². The average Bonchev–Trinajstić information content (AvgIpc) is 3.84. The Morgan fingerprint density at radius 2 is 0.860 bits per heavy atom. The number of rotatable bonds is 6. The van der Waals surface area contributed by atoms with E-state index in [1.165, 1.54) is 45.9 Å². The Labute approximate surface area is 338 Å². The molecular formula is C52H33N3S2. The maximum absolute atomic E-state index is 5.34. The molecule has 4 aromatic heterocycles. The fraction of sp³-hybridized carbons (Fsp3) is 0.0192. The van der Waals surface area contributed by atoms with Crippen LogP contribution in [0.1, 0.15) is 5.56 Å². The van der Waals surface area contributed by atoms with Crippen LogP contribution in [0.25, 0.3) is 108 Å². The van der Waals surface area contributed by atoms with E-state index in [-0.39, 0.29) is 0 Å². The SMILES string of the molecule is Cc1cnccc1-c1ccc(-c2cc(-c3ccccc3)nc(-c3cc(-c4ccc5sc6ccccc6c5c4)cc(-c4ccc5sc6ccccc6c5c4)c3)n2)cc1. The first-order valence-electron chi connectivity index (χ1n) is 19.1. The summed E-state index contributed by atoms with van der Waals surface area (Å²) in [6.07, 6.45) is 3.76. The summed E-state index contributed by atoms with van der Waals surface area (Å²) in [7, 11) is 0. The molecule has 0 aliphatic rings. The molecule has 4 heterocycles. The molecule has 0 unspecified atom stereocenters. The maximum Gasteiger partial charge on any atom is 0.160 e. The molecule has 0 fully saturated rings. The third kappa shape index (κ3) is 6.09. The van der Waals surface area contributed by atoms with Crippen molar-refractivity contribution < 1.29 is 0 Å². The van der Waals surface area contributed by atoms with Gasteiger partial charge in [-0.25, -0.2) is 9.97 Å². The van der Waals surface area contributed by atoms with Gasteiger partial charge in [0.15, 0.2) is 5.82 Å². The Morgan fingerprint density at radius 3 is 1.46 bits per heavy atom. The van der Waals surface area contributed by atoms with Crippen LogP contribution in [0, 0.1) is 6.92 Å². The van der Waals surface area contributed by atoms with Crippen molar-refractivity contribution in [2.24, 2.45) is 0 Å². The summed E-state index contributed by atoms with van der Waals surface area (Å²) in [4.78, 5) is 14.9. The molecule has 0 spiro atoms. The van der Waals surface area contributed by atoms with Gasteiger partial charge in [0.1, 0.15) is 0 Å². The van der Waals surface area contributed by atoms with Crippen molar-refractivity contribution in [3.05, 3.63) is 188 Å². The number of pyridine rings is 1. The lowest BCUT2D eigenvalue weighted by molar-refractivity contribution is 1.18. The Balaban J connectivity index is 1.11. The van der Waals surface area contributed by atoms with Crippen molar-refractivity contribution in [1.29, 1.82) is 0 Å². The molecule has 11 rings (SSSR count). The number of hydrogen-bond donors (Lipinski definition) is 0. The topological polar surface area (TPSA) is 38.7 Å². The van der Waals surface area contributed by atoms with Crippen LogP contribution in [0.15, 0.2) is 182 Å². The van der Waals surface area contributed by atoms with Gasteiger partial charge in [-0.3, -0.25) is 4.98 Å². The highest BCUT2D eigenvalue weighted by molar-refractivity contribution is 7.26. The van der Waals surface area contributed by atoms with E-state index in [0.717, 1.165) is 61.5 Å². The van der Waals surface area contributed by atoms with Crippen molar-refractivity contribution in [2.75, 3.05) is 0 Å². The van der Waals surface area contributed by atoms with E-state index in [1.54, 1.807) is 0 Å². The summed E-state index contributed by atoms with van der Waals surface area (Å²) in [5.41, 5.74) is 12.9. The van der Waals surface area contributed by atoms with E-state index >= 15 is 0 Å². The highest BCUT2D eigenvalue weighted by Crippen LogP contribution is 2.41. The average molecular weight is 764 g/mol. The molecule has 0 N–H and O–H groups in total. The monoisotopic (exact) mass is 763 g/mol. The highest BCUT2D eigenvalue weighted by atomic mass is 32.1. The molecule has 0 aliphatic carbocycles. The zero-order valence-electron chi connectivity index (χ0n) is 31.0. The van der Waals surface area contributed by atoms with Crippen molar-refractivity contribution >= 4 is 63.0 Å². The van der Waals surface area contributed by atoms with Gasteiger partial charge in [0, 0.05) is 69.4 Å². The first-order chi connectivity index (χ1) is 28.1.